The molecule has 1 aromatic carbocycles. The fourth-order valence-corrected chi connectivity index (χ4v) is 3.96. The number of nitrogens with zero attached hydrogens (tertiary/aromatic N) is 3. The summed E-state index contributed by atoms with van der Waals surface area (Å²) in [6.45, 7) is 4.00. The Morgan fingerprint density at radius 1 is 1.36 bits per heavy atom. The summed E-state index contributed by atoms with van der Waals surface area (Å²) < 4.78 is 32.8. The number of hydrogen-bond donors (Lipinski definition) is 1. The molecule has 1 saturated heterocycles. The summed E-state index contributed by atoms with van der Waals surface area (Å²) in [5.41, 5.74) is 2.05. The summed E-state index contributed by atoms with van der Waals surface area (Å²) in [6.07, 6.45) is 2.94. The van der Waals surface area contributed by atoms with Gasteiger partial charge in [0, 0.05) is 24.7 Å². The molecule has 0 aliphatic carbocycles. The second-order valence-corrected chi connectivity index (χ2v) is 8.62. The highest BCUT2D eigenvalue weighted by molar-refractivity contribution is 7.88. The molecule has 136 valence electrons. The van der Waals surface area contributed by atoms with Gasteiger partial charge in [-0.1, -0.05) is 17.7 Å². The first kappa shape index (κ1) is 18.2. The Balaban J connectivity index is 1.70. The number of rotatable bonds is 5. The smallest absolute Gasteiger partial charge is 0.288 e. The Morgan fingerprint density at radius 2 is 2.08 bits per heavy atom. The molecule has 2 heterocycles. The number of nitrogens with one attached hydrogen (secondary N) is 1. The van der Waals surface area contributed by atoms with Crippen LogP contribution in [0.5, 0.6) is 0 Å². The van der Waals surface area contributed by atoms with Crippen molar-refractivity contribution in [1.82, 2.24) is 19.4 Å². The Kier molecular flexibility index (Phi) is 5.38. The lowest BCUT2D eigenvalue weighted by atomic mass is 10.1. The Labute approximate surface area is 152 Å². The van der Waals surface area contributed by atoms with Crippen LogP contribution in [0.1, 0.15) is 18.4 Å². The molecular formula is C16H22N4O3S2. The summed E-state index contributed by atoms with van der Waals surface area (Å²) in [5.74, 6) is 0.493. The van der Waals surface area contributed by atoms with Crippen LogP contribution >= 0.6 is 12.2 Å². The third-order valence-electron chi connectivity index (χ3n) is 4.12. The van der Waals surface area contributed by atoms with E-state index in [0.29, 0.717) is 23.9 Å². The van der Waals surface area contributed by atoms with Crippen molar-refractivity contribution in [2.45, 2.75) is 32.5 Å². The van der Waals surface area contributed by atoms with Crippen LogP contribution in [0.4, 0.5) is 0 Å². The van der Waals surface area contributed by atoms with Crippen molar-refractivity contribution in [3.05, 3.63) is 34.7 Å². The minimum atomic E-state index is -3.20. The van der Waals surface area contributed by atoms with Crippen LogP contribution in [-0.4, -0.2) is 48.5 Å². The second kappa shape index (κ2) is 7.36. The lowest BCUT2D eigenvalue weighted by Gasteiger charge is -2.32. The van der Waals surface area contributed by atoms with E-state index >= 15 is 0 Å². The van der Waals surface area contributed by atoms with E-state index in [1.807, 2.05) is 31.2 Å². The van der Waals surface area contributed by atoms with Gasteiger partial charge in [0.25, 0.3) is 4.84 Å². The number of aryl methyl sites for hydroxylation is 1. The number of piperidine rings is 1. The molecule has 0 bridgehead atoms. The normalized spacial score (nSPS) is 19.2. The highest BCUT2D eigenvalue weighted by Crippen LogP contribution is 2.19. The minimum absolute atomic E-state index is 0.0820. The molecule has 0 saturated carbocycles. The predicted octanol–water partition coefficient (Wildman–Crippen LogP) is 2.15. The van der Waals surface area contributed by atoms with Gasteiger partial charge in [0.05, 0.1) is 12.9 Å². The molecule has 9 heteroatoms. The molecule has 1 aliphatic heterocycles. The van der Waals surface area contributed by atoms with Crippen LogP contribution in [0, 0.1) is 11.8 Å². The first-order chi connectivity index (χ1) is 11.8. The molecular weight excluding hydrogens is 360 g/mol. The minimum Gasteiger partial charge on any atom is -0.409 e. The van der Waals surface area contributed by atoms with E-state index in [0.717, 1.165) is 24.9 Å². The molecule has 1 aromatic heterocycles. The fourth-order valence-electron chi connectivity index (χ4n) is 2.98. The van der Waals surface area contributed by atoms with Gasteiger partial charge in [-0.05, 0) is 44.1 Å². The third-order valence-corrected chi connectivity index (χ3v) is 5.18. The standard InChI is InChI=1S/C16H22N4O3S2/c1-12-5-7-13(8-6-12)15-17-20(16(24)23-15)11-19-9-3-4-14(10-19)18-25(2,21)22/h5-8,14,18H,3-4,9-11H2,1-2H3/t14-/m0/s1. The van der Waals surface area contributed by atoms with Crippen LogP contribution in [0.25, 0.3) is 11.5 Å². The molecule has 1 aliphatic rings. The number of sulfonamides is 1. The van der Waals surface area contributed by atoms with Gasteiger partial charge >= 0.3 is 0 Å². The average molecular weight is 383 g/mol. The zero-order valence-corrected chi connectivity index (χ0v) is 15.9. The Morgan fingerprint density at radius 3 is 2.76 bits per heavy atom. The van der Waals surface area contributed by atoms with Crippen LogP contribution in [0.2, 0.25) is 0 Å². The zero-order chi connectivity index (χ0) is 18.0. The maximum absolute atomic E-state index is 11.4. The molecule has 0 spiro atoms. The summed E-state index contributed by atoms with van der Waals surface area (Å²) in [4.78, 5) is 2.44. The number of hydrogen-bond acceptors (Lipinski definition) is 6. The van der Waals surface area contributed by atoms with Gasteiger partial charge in [-0.25, -0.2) is 17.8 Å². The molecule has 0 radical (unpaired) electrons. The van der Waals surface area contributed by atoms with Crippen LogP contribution in [-0.2, 0) is 16.7 Å². The summed E-state index contributed by atoms with van der Waals surface area (Å²) >= 11 is 5.28. The van der Waals surface area contributed by atoms with Gasteiger partial charge < -0.3 is 4.42 Å². The quantitative estimate of drug-likeness (QED) is 0.798. The predicted molar refractivity (Wildman–Crippen MR) is 98.1 cm³/mol. The van der Waals surface area contributed by atoms with Crippen molar-refractivity contribution in [2.75, 3.05) is 19.3 Å². The van der Waals surface area contributed by atoms with E-state index in [1.165, 1.54) is 11.8 Å². The lowest BCUT2D eigenvalue weighted by Crippen LogP contribution is -2.47. The van der Waals surface area contributed by atoms with Crippen LogP contribution in [0.15, 0.2) is 28.7 Å². The summed E-state index contributed by atoms with van der Waals surface area (Å²) in [5, 5.41) is 4.47. The SMILES string of the molecule is Cc1ccc(-c2nn(CN3CCC[C@H](NS(C)(=O)=O)C3)c(=S)o2)cc1. The van der Waals surface area contributed by atoms with Gasteiger partial charge in [0.15, 0.2) is 0 Å². The summed E-state index contributed by atoms with van der Waals surface area (Å²) in [6, 6.07) is 7.82. The number of benzene rings is 1. The van der Waals surface area contributed by atoms with Gasteiger partial charge in [0.2, 0.25) is 15.9 Å². The monoisotopic (exact) mass is 382 g/mol. The topological polar surface area (TPSA) is 80.4 Å². The molecule has 7 nitrogen and oxygen atoms in total. The van der Waals surface area contributed by atoms with E-state index in [9.17, 15) is 8.42 Å². The van der Waals surface area contributed by atoms with E-state index in [1.54, 1.807) is 4.68 Å². The third kappa shape index (κ3) is 4.97. The van der Waals surface area contributed by atoms with Gasteiger partial charge in [0.1, 0.15) is 0 Å². The molecule has 1 fully saturated rings. The van der Waals surface area contributed by atoms with E-state index in [4.69, 9.17) is 16.6 Å². The van der Waals surface area contributed by atoms with Crippen molar-refractivity contribution >= 4 is 22.2 Å². The van der Waals surface area contributed by atoms with Crippen LogP contribution < -0.4 is 4.72 Å². The summed E-state index contributed by atoms with van der Waals surface area (Å²) in [7, 11) is -3.20. The first-order valence-electron chi connectivity index (χ1n) is 8.15. The van der Waals surface area contributed by atoms with Crippen molar-refractivity contribution in [2.24, 2.45) is 0 Å². The molecule has 25 heavy (non-hydrogen) atoms. The molecule has 2 aromatic rings. The second-order valence-electron chi connectivity index (χ2n) is 6.49. The maximum atomic E-state index is 11.4. The first-order valence-corrected chi connectivity index (χ1v) is 10.4. The largest absolute Gasteiger partial charge is 0.409 e. The lowest BCUT2D eigenvalue weighted by molar-refractivity contribution is 0.151. The highest BCUT2D eigenvalue weighted by atomic mass is 32.2. The van der Waals surface area contributed by atoms with Crippen molar-refractivity contribution in [3.8, 4) is 11.5 Å². The molecule has 1 N–H and O–H groups in total. The molecule has 0 unspecified atom stereocenters. The van der Waals surface area contributed by atoms with Crippen molar-refractivity contribution in [3.63, 3.8) is 0 Å². The van der Waals surface area contributed by atoms with Gasteiger partial charge in [-0.3, -0.25) is 4.90 Å². The molecule has 3 rings (SSSR count). The molecule has 0 amide bonds. The van der Waals surface area contributed by atoms with Crippen molar-refractivity contribution < 1.29 is 12.8 Å². The van der Waals surface area contributed by atoms with Crippen LogP contribution in [0.3, 0.4) is 0 Å². The van der Waals surface area contributed by atoms with Gasteiger partial charge in [-0.2, -0.15) is 0 Å². The number of aromatic nitrogens is 2. The Bertz CT molecular complexity index is 887. The van der Waals surface area contributed by atoms with E-state index in [-0.39, 0.29) is 6.04 Å². The van der Waals surface area contributed by atoms with E-state index < -0.39 is 10.0 Å². The number of likely N-dealkylation sites (tertiary alicyclic amines) is 1. The van der Waals surface area contributed by atoms with E-state index in [2.05, 4.69) is 14.7 Å². The maximum Gasteiger partial charge on any atom is 0.288 e. The van der Waals surface area contributed by atoms with Crippen molar-refractivity contribution in [1.29, 1.82) is 0 Å². The van der Waals surface area contributed by atoms with Gasteiger partial charge in [-0.15, -0.1) is 5.10 Å². The molecule has 1 atom stereocenters. The Hall–Kier alpha value is -1.55. The fraction of sp³-hybridized carbons (Fsp3) is 0.500. The zero-order valence-electron chi connectivity index (χ0n) is 14.3. The average Bonchev–Trinajstić information content (AvgIpc) is 2.87. The highest BCUT2D eigenvalue weighted by Gasteiger charge is 2.23.